The van der Waals surface area contributed by atoms with E-state index in [1.807, 2.05) is 24.3 Å². The fraction of sp³-hybridized carbons (Fsp3) is 0.423. The number of fused-ring (bicyclic) bond motifs is 3. The summed E-state index contributed by atoms with van der Waals surface area (Å²) in [6.07, 6.45) is -0.497. The van der Waals surface area contributed by atoms with Crippen LogP contribution in [0.2, 0.25) is 0 Å². The van der Waals surface area contributed by atoms with Crippen LogP contribution < -0.4 is 10.6 Å². The van der Waals surface area contributed by atoms with E-state index in [4.69, 9.17) is 9.47 Å². The van der Waals surface area contributed by atoms with Gasteiger partial charge in [-0.2, -0.15) is 0 Å². The number of rotatable bonds is 10. The van der Waals surface area contributed by atoms with Gasteiger partial charge in [0.25, 0.3) is 0 Å². The van der Waals surface area contributed by atoms with Crippen LogP contribution in [0.4, 0.5) is 4.79 Å². The Kier molecular flexibility index (Phi) is 8.28. The Labute approximate surface area is 199 Å². The van der Waals surface area contributed by atoms with Crippen LogP contribution in [0.25, 0.3) is 11.1 Å². The number of hydrogen-bond acceptors (Lipinski definition) is 5. The largest absolute Gasteiger partial charge is 0.480 e. The quantitative estimate of drug-likeness (QED) is 0.460. The maximum atomic E-state index is 12.1. The normalized spacial score (nSPS) is 13.5. The predicted octanol–water partition coefficient (Wildman–Crippen LogP) is 3.55. The van der Waals surface area contributed by atoms with Crippen molar-refractivity contribution in [3.8, 4) is 11.1 Å². The van der Waals surface area contributed by atoms with E-state index in [2.05, 4.69) is 34.9 Å². The van der Waals surface area contributed by atoms with Crippen LogP contribution in [0, 0.1) is 5.41 Å². The van der Waals surface area contributed by atoms with E-state index in [9.17, 15) is 19.5 Å². The zero-order valence-electron chi connectivity index (χ0n) is 19.8. The summed E-state index contributed by atoms with van der Waals surface area (Å²) in [4.78, 5) is 35.4. The van der Waals surface area contributed by atoms with Crippen LogP contribution in [0.5, 0.6) is 0 Å². The van der Waals surface area contributed by atoms with E-state index in [0.29, 0.717) is 0 Å². The first kappa shape index (κ1) is 25.2. The van der Waals surface area contributed by atoms with Gasteiger partial charge in [0.2, 0.25) is 5.91 Å². The summed E-state index contributed by atoms with van der Waals surface area (Å²) < 4.78 is 10.8. The second-order valence-corrected chi connectivity index (χ2v) is 9.32. The van der Waals surface area contributed by atoms with Crippen molar-refractivity contribution < 1.29 is 29.0 Å². The monoisotopic (exact) mass is 468 g/mol. The number of carbonyl (C=O) groups is 3. The molecule has 0 saturated heterocycles. The summed E-state index contributed by atoms with van der Waals surface area (Å²) in [5.41, 5.74) is 4.03. The van der Waals surface area contributed by atoms with Gasteiger partial charge in [0.05, 0.1) is 13.2 Å². The summed E-state index contributed by atoms with van der Waals surface area (Å²) in [6.45, 7) is 6.04. The zero-order valence-corrected chi connectivity index (χ0v) is 19.8. The number of ether oxygens (including phenoxy) is 2. The topological polar surface area (TPSA) is 114 Å². The smallest absolute Gasteiger partial charge is 0.407 e. The molecule has 1 atom stereocenters. The molecule has 0 fully saturated rings. The molecular formula is C26H32N2O6. The van der Waals surface area contributed by atoms with E-state index in [1.54, 1.807) is 20.8 Å². The Bertz CT molecular complexity index is 984. The fourth-order valence-electron chi connectivity index (χ4n) is 4.02. The van der Waals surface area contributed by atoms with E-state index in [1.165, 1.54) is 11.1 Å². The molecule has 1 aliphatic rings. The van der Waals surface area contributed by atoms with Crippen LogP contribution in [0.1, 0.15) is 44.2 Å². The van der Waals surface area contributed by atoms with Crippen molar-refractivity contribution in [1.29, 1.82) is 0 Å². The van der Waals surface area contributed by atoms with Gasteiger partial charge in [-0.3, -0.25) is 4.79 Å². The molecular weight excluding hydrogens is 436 g/mol. The van der Waals surface area contributed by atoms with Gasteiger partial charge >= 0.3 is 12.1 Å². The lowest BCUT2D eigenvalue weighted by molar-refractivity contribution is -0.145. The molecule has 2 aromatic carbocycles. The van der Waals surface area contributed by atoms with E-state index < -0.39 is 29.4 Å². The van der Waals surface area contributed by atoms with E-state index in [-0.39, 0.29) is 38.7 Å². The van der Waals surface area contributed by atoms with Gasteiger partial charge in [-0.1, -0.05) is 69.3 Å². The molecule has 0 saturated carbocycles. The summed E-state index contributed by atoms with van der Waals surface area (Å²) in [5.74, 6) is -1.48. The maximum Gasteiger partial charge on any atom is 0.407 e. The second kappa shape index (κ2) is 11.2. The Hall–Kier alpha value is -3.39. The third kappa shape index (κ3) is 6.35. The average Bonchev–Trinajstić information content (AvgIpc) is 3.11. The van der Waals surface area contributed by atoms with Crippen LogP contribution in [-0.2, 0) is 19.1 Å². The number of alkyl carbamates (subject to hydrolysis) is 1. The van der Waals surface area contributed by atoms with Gasteiger partial charge in [0.15, 0.2) is 0 Å². The minimum Gasteiger partial charge on any atom is -0.480 e. The molecule has 0 aliphatic heterocycles. The number of carboxylic acids is 1. The van der Waals surface area contributed by atoms with Gasteiger partial charge in [-0.25, -0.2) is 9.59 Å². The van der Waals surface area contributed by atoms with Gasteiger partial charge in [-0.15, -0.1) is 0 Å². The van der Waals surface area contributed by atoms with Crippen molar-refractivity contribution in [2.75, 3.05) is 26.4 Å². The van der Waals surface area contributed by atoms with Crippen molar-refractivity contribution in [3.05, 3.63) is 59.7 Å². The first-order chi connectivity index (χ1) is 16.2. The van der Waals surface area contributed by atoms with Crippen molar-refractivity contribution in [2.24, 2.45) is 5.41 Å². The lowest BCUT2D eigenvalue weighted by Gasteiger charge is -2.27. The SMILES string of the molecule is CC(C)(C)[C@H](NC(=O)CCOCCNC(=O)OCC1c2ccccc2-c2ccccc21)C(=O)O. The highest BCUT2D eigenvalue weighted by atomic mass is 16.5. The average molecular weight is 469 g/mol. The van der Waals surface area contributed by atoms with Gasteiger partial charge in [0, 0.05) is 18.9 Å². The van der Waals surface area contributed by atoms with Crippen molar-refractivity contribution in [2.45, 2.75) is 39.2 Å². The second-order valence-electron chi connectivity index (χ2n) is 9.32. The van der Waals surface area contributed by atoms with Gasteiger partial charge < -0.3 is 25.2 Å². The molecule has 2 amide bonds. The zero-order chi connectivity index (χ0) is 24.7. The molecule has 8 nitrogen and oxygen atoms in total. The number of hydrogen-bond donors (Lipinski definition) is 3. The number of aliphatic carboxylic acids is 1. The molecule has 1 aliphatic carbocycles. The molecule has 0 spiro atoms. The molecule has 0 radical (unpaired) electrons. The van der Waals surface area contributed by atoms with Gasteiger partial charge in [-0.05, 0) is 27.7 Å². The van der Waals surface area contributed by atoms with Gasteiger partial charge in [0.1, 0.15) is 12.6 Å². The minimum atomic E-state index is -1.07. The van der Waals surface area contributed by atoms with Crippen molar-refractivity contribution in [1.82, 2.24) is 10.6 Å². The summed E-state index contributed by atoms with van der Waals surface area (Å²) in [6, 6.07) is 15.3. The Morgan fingerprint density at radius 3 is 2.12 bits per heavy atom. The van der Waals surface area contributed by atoms with Crippen LogP contribution in [-0.4, -0.2) is 55.5 Å². The molecule has 2 aromatic rings. The van der Waals surface area contributed by atoms with Crippen LogP contribution in [0.3, 0.4) is 0 Å². The molecule has 182 valence electrons. The third-order valence-corrected chi connectivity index (χ3v) is 5.75. The molecule has 0 aromatic heterocycles. The number of amides is 2. The van der Waals surface area contributed by atoms with Crippen LogP contribution >= 0.6 is 0 Å². The molecule has 0 unspecified atom stereocenters. The first-order valence-corrected chi connectivity index (χ1v) is 11.4. The molecule has 3 N–H and O–H groups in total. The highest BCUT2D eigenvalue weighted by molar-refractivity contribution is 5.84. The fourth-order valence-corrected chi connectivity index (χ4v) is 4.02. The van der Waals surface area contributed by atoms with E-state index >= 15 is 0 Å². The maximum absolute atomic E-state index is 12.1. The summed E-state index contributed by atoms with van der Waals surface area (Å²) >= 11 is 0. The number of carbonyl (C=O) groups excluding carboxylic acids is 2. The lowest BCUT2D eigenvalue weighted by atomic mass is 9.86. The lowest BCUT2D eigenvalue weighted by Crippen LogP contribution is -2.49. The number of benzene rings is 2. The Morgan fingerprint density at radius 2 is 1.56 bits per heavy atom. The highest BCUT2D eigenvalue weighted by Gasteiger charge is 2.32. The van der Waals surface area contributed by atoms with Crippen molar-refractivity contribution >= 4 is 18.0 Å². The predicted molar refractivity (Wildman–Crippen MR) is 128 cm³/mol. The Morgan fingerprint density at radius 1 is 0.971 bits per heavy atom. The molecule has 0 heterocycles. The first-order valence-electron chi connectivity index (χ1n) is 11.4. The highest BCUT2D eigenvalue weighted by Crippen LogP contribution is 2.44. The molecule has 0 bridgehead atoms. The molecule has 34 heavy (non-hydrogen) atoms. The Balaban J connectivity index is 1.35. The van der Waals surface area contributed by atoms with Crippen LogP contribution in [0.15, 0.2) is 48.5 Å². The standard InChI is InChI=1S/C26H32N2O6/c1-26(2,3)23(24(30)31)28-22(29)12-14-33-15-13-27-25(32)34-16-21-19-10-6-4-8-17(19)18-9-5-7-11-20(18)21/h4-11,21,23H,12-16H2,1-3H3,(H,27,32)(H,28,29)(H,30,31)/t23-/m1/s1. The van der Waals surface area contributed by atoms with E-state index in [0.717, 1.165) is 11.1 Å². The number of nitrogens with one attached hydrogen (secondary N) is 2. The molecule has 8 heteroatoms. The summed E-state index contributed by atoms with van der Waals surface area (Å²) in [5, 5.41) is 14.4. The molecule has 3 rings (SSSR count). The summed E-state index contributed by atoms with van der Waals surface area (Å²) in [7, 11) is 0. The number of carboxylic acid groups (broad SMARTS) is 1. The van der Waals surface area contributed by atoms with Crippen molar-refractivity contribution in [3.63, 3.8) is 0 Å². The minimum absolute atomic E-state index is 0.00404. The third-order valence-electron chi connectivity index (χ3n) is 5.75.